The Bertz CT molecular complexity index is 806. The van der Waals surface area contributed by atoms with Gasteiger partial charge in [-0.2, -0.15) is 0 Å². The van der Waals surface area contributed by atoms with E-state index in [0.29, 0.717) is 11.8 Å². The summed E-state index contributed by atoms with van der Waals surface area (Å²) in [5.41, 5.74) is 4.06. The molecule has 2 bridgehead atoms. The number of piperidine rings is 1. The molecule has 0 amide bonds. The third-order valence-corrected chi connectivity index (χ3v) is 5.24. The Labute approximate surface area is 143 Å². The van der Waals surface area contributed by atoms with E-state index in [0.717, 1.165) is 26.2 Å². The number of pyridine rings is 1. The summed E-state index contributed by atoms with van der Waals surface area (Å²) in [6, 6.07) is 16.3. The molecule has 0 spiro atoms. The Morgan fingerprint density at radius 1 is 1.08 bits per heavy atom. The maximum Gasteiger partial charge on any atom is 0.250 e. The average Bonchev–Trinajstić information content (AvgIpc) is 2.56. The number of likely N-dealkylation sites (tertiary alicyclic amines) is 1. The van der Waals surface area contributed by atoms with E-state index in [2.05, 4.69) is 54.3 Å². The summed E-state index contributed by atoms with van der Waals surface area (Å²) in [7, 11) is 0. The third kappa shape index (κ3) is 3.09. The quantitative estimate of drug-likeness (QED) is 0.866. The first-order valence-electron chi connectivity index (χ1n) is 8.83. The minimum Gasteiger partial charge on any atom is -0.312 e. The van der Waals surface area contributed by atoms with Crippen molar-refractivity contribution in [2.24, 2.45) is 5.92 Å². The van der Waals surface area contributed by atoms with Crippen molar-refractivity contribution in [3.05, 3.63) is 75.7 Å². The van der Waals surface area contributed by atoms with Gasteiger partial charge in [0.25, 0.3) is 5.56 Å². The molecule has 2 atom stereocenters. The normalized spacial score (nSPS) is 23.8. The van der Waals surface area contributed by atoms with Gasteiger partial charge in [0, 0.05) is 43.9 Å². The molecule has 124 valence electrons. The number of benzene rings is 1. The van der Waals surface area contributed by atoms with Crippen LogP contribution in [0.5, 0.6) is 0 Å². The van der Waals surface area contributed by atoms with Gasteiger partial charge in [0.1, 0.15) is 0 Å². The van der Waals surface area contributed by atoms with E-state index < -0.39 is 0 Å². The van der Waals surface area contributed by atoms with Gasteiger partial charge >= 0.3 is 0 Å². The van der Waals surface area contributed by atoms with Crippen LogP contribution in [0.1, 0.15) is 30.5 Å². The van der Waals surface area contributed by atoms with Crippen molar-refractivity contribution in [2.45, 2.75) is 25.8 Å². The maximum absolute atomic E-state index is 12.1. The summed E-state index contributed by atoms with van der Waals surface area (Å²) in [5.74, 6) is 1.09. The highest BCUT2D eigenvalue weighted by atomic mass is 16.1. The van der Waals surface area contributed by atoms with Crippen molar-refractivity contribution in [3.8, 4) is 0 Å². The summed E-state index contributed by atoms with van der Waals surface area (Å²) < 4.78 is 2.00. The SMILES string of the molecule is CC(=Cc1ccccc1)CN1CC2CC(C1)c1cccc(=O)n1C2. The molecular weight excluding hydrogens is 296 g/mol. The lowest BCUT2D eigenvalue weighted by atomic mass is 9.83. The first kappa shape index (κ1) is 15.4. The number of nitrogens with zero attached hydrogens (tertiary/aromatic N) is 2. The van der Waals surface area contributed by atoms with Gasteiger partial charge in [-0.25, -0.2) is 0 Å². The first-order valence-corrected chi connectivity index (χ1v) is 8.83. The van der Waals surface area contributed by atoms with Crippen molar-refractivity contribution < 1.29 is 0 Å². The monoisotopic (exact) mass is 320 g/mol. The van der Waals surface area contributed by atoms with E-state index in [1.54, 1.807) is 6.07 Å². The maximum atomic E-state index is 12.1. The fourth-order valence-corrected chi connectivity index (χ4v) is 4.36. The minimum atomic E-state index is 0.163. The zero-order chi connectivity index (χ0) is 16.5. The van der Waals surface area contributed by atoms with Gasteiger partial charge < -0.3 is 4.57 Å². The molecule has 0 N–H and O–H groups in total. The second-order valence-corrected chi connectivity index (χ2v) is 7.29. The van der Waals surface area contributed by atoms with Gasteiger partial charge in [-0.15, -0.1) is 0 Å². The predicted octanol–water partition coefficient (Wildman–Crippen LogP) is 3.37. The molecule has 4 rings (SSSR count). The van der Waals surface area contributed by atoms with Crippen LogP contribution in [0, 0.1) is 5.92 Å². The van der Waals surface area contributed by atoms with Gasteiger partial charge in [-0.05, 0) is 30.9 Å². The van der Waals surface area contributed by atoms with Crippen LogP contribution in [0.15, 0.2) is 58.9 Å². The molecule has 2 unspecified atom stereocenters. The van der Waals surface area contributed by atoms with Crippen molar-refractivity contribution in [3.63, 3.8) is 0 Å². The molecule has 1 aromatic carbocycles. The largest absolute Gasteiger partial charge is 0.312 e. The average molecular weight is 320 g/mol. The molecule has 2 aromatic rings. The Morgan fingerprint density at radius 3 is 2.75 bits per heavy atom. The molecule has 3 heteroatoms. The highest BCUT2D eigenvalue weighted by molar-refractivity contribution is 5.52. The Balaban J connectivity index is 1.50. The van der Waals surface area contributed by atoms with Crippen LogP contribution in [-0.2, 0) is 6.54 Å². The van der Waals surface area contributed by atoms with Gasteiger partial charge in [0.05, 0.1) is 0 Å². The van der Waals surface area contributed by atoms with Crippen LogP contribution in [0.4, 0.5) is 0 Å². The van der Waals surface area contributed by atoms with Gasteiger partial charge in [0.15, 0.2) is 0 Å². The molecule has 3 heterocycles. The zero-order valence-electron chi connectivity index (χ0n) is 14.2. The second kappa shape index (κ2) is 6.40. The highest BCUT2D eigenvalue weighted by Crippen LogP contribution is 2.35. The zero-order valence-corrected chi connectivity index (χ0v) is 14.2. The lowest BCUT2D eigenvalue weighted by Gasteiger charge is -2.43. The van der Waals surface area contributed by atoms with Gasteiger partial charge in [-0.1, -0.05) is 48.0 Å². The lowest BCUT2D eigenvalue weighted by Crippen LogP contribution is -2.47. The Morgan fingerprint density at radius 2 is 1.92 bits per heavy atom. The van der Waals surface area contributed by atoms with Crippen LogP contribution in [0.3, 0.4) is 0 Å². The molecule has 24 heavy (non-hydrogen) atoms. The summed E-state index contributed by atoms with van der Waals surface area (Å²) in [6.45, 7) is 6.26. The molecule has 2 aliphatic heterocycles. The lowest BCUT2D eigenvalue weighted by molar-refractivity contribution is 0.129. The van der Waals surface area contributed by atoms with Gasteiger partial charge in [0.2, 0.25) is 0 Å². The number of fused-ring (bicyclic) bond motifs is 4. The van der Waals surface area contributed by atoms with Gasteiger partial charge in [-0.3, -0.25) is 9.69 Å². The second-order valence-electron chi connectivity index (χ2n) is 7.29. The molecule has 1 aromatic heterocycles. The standard InChI is InChI=1S/C21H24N2O/c1-16(10-17-6-3-2-4-7-17)12-22-13-18-11-19(15-22)20-8-5-9-21(24)23(20)14-18/h2-10,18-19H,11-15H2,1H3. The van der Waals surface area contributed by atoms with E-state index >= 15 is 0 Å². The van der Waals surface area contributed by atoms with Crippen LogP contribution < -0.4 is 5.56 Å². The Kier molecular flexibility index (Phi) is 4.11. The number of aromatic nitrogens is 1. The minimum absolute atomic E-state index is 0.163. The van der Waals surface area contributed by atoms with E-state index in [9.17, 15) is 4.79 Å². The van der Waals surface area contributed by atoms with Crippen LogP contribution in [0.2, 0.25) is 0 Å². The van der Waals surface area contributed by atoms with Crippen molar-refractivity contribution >= 4 is 6.08 Å². The van der Waals surface area contributed by atoms with E-state index in [4.69, 9.17) is 0 Å². The molecule has 0 radical (unpaired) electrons. The summed E-state index contributed by atoms with van der Waals surface area (Å²) in [5, 5.41) is 0. The predicted molar refractivity (Wildman–Crippen MR) is 98.1 cm³/mol. The topological polar surface area (TPSA) is 25.2 Å². The molecule has 1 fully saturated rings. The summed E-state index contributed by atoms with van der Waals surface area (Å²) >= 11 is 0. The molecule has 3 nitrogen and oxygen atoms in total. The van der Waals surface area contributed by atoms with Crippen LogP contribution in [-0.4, -0.2) is 29.1 Å². The number of rotatable bonds is 3. The highest BCUT2D eigenvalue weighted by Gasteiger charge is 2.34. The fraction of sp³-hybridized carbons (Fsp3) is 0.381. The van der Waals surface area contributed by atoms with Crippen molar-refractivity contribution in [2.75, 3.05) is 19.6 Å². The number of hydrogen-bond acceptors (Lipinski definition) is 2. The molecule has 2 aliphatic rings. The van der Waals surface area contributed by atoms with Crippen molar-refractivity contribution in [1.82, 2.24) is 9.47 Å². The molecule has 0 aliphatic carbocycles. The molecular formula is C21H24N2O. The number of hydrogen-bond donors (Lipinski definition) is 0. The Hall–Kier alpha value is -2.13. The first-order chi connectivity index (χ1) is 11.7. The fourth-order valence-electron chi connectivity index (χ4n) is 4.36. The van der Waals surface area contributed by atoms with Crippen LogP contribution in [0.25, 0.3) is 6.08 Å². The van der Waals surface area contributed by atoms with Crippen LogP contribution >= 0.6 is 0 Å². The van der Waals surface area contributed by atoms with E-state index in [1.807, 2.05) is 10.6 Å². The molecule has 0 saturated carbocycles. The summed E-state index contributed by atoms with van der Waals surface area (Å²) in [4.78, 5) is 14.7. The van der Waals surface area contributed by atoms with Crippen molar-refractivity contribution in [1.29, 1.82) is 0 Å². The summed E-state index contributed by atoms with van der Waals surface area (Å²) in [6.07, 6.45) is 3.50. The smallest absolute Gasteiger partial charge is 0.250 e. The molecule has 1 saturated heterocycles. The van der Waals surface area contributed by atoms with E-state index in [1.165, 1.54) is 23.3 Å². The third-order valence-electron chi connectivity index (χ3n) is 5.24. The van der Waals surface area contributed by atoms with E-state index in [-0.39, 0.29) is 5.56 Å².